The van der Waals surface area contributed by atoms with Gasteiger partial charge in [0.2, 0.25) is 5.91 Å². The van der Waals surface area contributed by atoms with Gasteiger partial charge in [0.15, 0.2) is 5.11 Å². The van der Waals surface area contributed by atoms with E-state index >= 15 is 0 Å². The summed E-state index contributed by atoms with van der Waals surface area (Å²) in [4.78, 5) is 24.6. The number of rotatable bonds is 7. The summed E-state index contributed by atoms with van der Waals surface area (Å²) in [6.45, 7) is 3.53. The molecule has 31 heavy (non-hydrogen) atoms. The van der Waals surface area contributed by atoms with E-state index in [4.69, 9.17) is 17.0 Å². The second-order valence-electron chi connectivity index (χ2n) is 6.68. The molecule has 3 rings (SSSR count). The van der Waals surface area contributed by atoms with Crippen LogP contribution in [0.25, 0.3) is 0 Å². The zero-order valence-corrected chi connectivity index (χ0v) is 18.9. The summed E-state index contributed by atoms with van der Waals surface area (Å²) in [6, 6.07) is 19.1. The quantitative estimate of drug-likeness (QED) is 0.334. The monoisotopic (exact) mass is 453 g/mol. The Morgan fingerprint density at radius 1 is 0.968 bits per heavy atom. The highest BCUT2D eigenvalue weighted by molar-refractivity contribution is 7.80. The molecule has 1 aromatic heterocycles. The highest BCUT2D eigenvalue weighted by atomic mass is 32.1. The Hall–Kier alpha value is -3.23. The fourth-order valence-electron chi connectivity index (χ4n) is 2.89. The Kier molecular flexibility index (Phi) is 7.75. The number of carbonyl (C=O) groups is 2. The first-order valence-corrected chi connectivity index (χ1v) is 11.0. The lowest BCUT2D eigenvalue weighted by Gasteiger charge is -2.11. The van der Waals surface area contributed by atoms with Crippen LogP contribution in [-0.4, -0.2) is 23.6 Å². The Labute approximate surface area is 190 Å². The number of thiocarbonyl (C=S) groups is 1. The topological polar surface area (TPSA) is 79.5 Å². The Morgan fingerprint density at radius 3 is 2.23 bits per heavy atom. The van der Waals surface area contributed by atoms with E-state index in [1.165, 1.54) is 18.3 Å². The second-order valence-corrected chi connectivity index (χ2v) is 8.22. The van der Waals surface area contributed by atoms with Gasteiger partial charge in [0.1, 0.15) is 5.00 Å². The predicted octanol–water partition coefficient (Wildman–Crippen LogP) is 5.28. The Bertz CT molecular complexity index is 1060. The van der Waals surface area contributed by atoms with Gasteiger partial charge in [-0.2, -0.15) is 0 Å². The van der Waals surface area contributed by atoms with Gasteiger partial charge in [-0.3, -0.25) is 4.79 Å². The average molecular weight is 454 g/mol. The van der Waals surface area contributed by atoms with Crippen molar-refractivity contribution >= 4 is 56.9 Å². The zero-order valence-electron chi connectivity index (χ0n) is 17.2. The normalized spacial score (nSPS) is 10.3. The van der Waals surface area contributed by atoms with E-state index in [2.05, 4.69) is 16.0 Å². The van der Waals surface area contributed by atoms with Crippen LogP contribution in [0.2, 0.25) is 0 Å². The summed E-state index contributed by atoms with van der Waals surface area (Å²) in [5.41, 5.74) is 3.07. The van der Waals surface area contributed by atoms with Crippen LogP contribution in [-0.2, 0) is 16.0 Å². The van der Waals surface area contributed by atoms with E-state index < -0.39 is 0 Å². The van der Waals surface area contributed by atoms with Crippen LogP contribution in [0, 0.1) is 0 Å². The molecule has 0 unspecified atom stereocenters. The van der Waals surface area contributed by atoms with Gasteiger partial charge >= 0.3 is 5.97 Å². The molecule has 0 saturated heterocycles. The van der Waals surface area contributed by atoms with Crippen molar-refractivity contribution in [2.75, 3.05) is 22.6 Å². The maximum atomic E-state index is 12.4. The number of anilines is 3. The second kappa shape index (κ2) is 10.7. The van der Waals surface area contributed by atoms with Gasteiger partial charge in [-0.15, -0.1) is 11.3 Å². The molecule has 0 spiro atoms. The van der Waals surface area contributed by atoms with Gasteiger partial charge in [0.25, 0.3) is 0 Å². The third-order valence-electron chi connectivity index (χ3n) is 4.19. The van der Waals surface area contributed by atoms with Crippen molar-refractivity contribution in [1.82, 2.24) is 0 Å². The summed E-state index contributed by atoms with van der Waals surface area (Å²) < 4.78 is 5.21. The Morgan fingerprint density at radius 2 is 1.61 bits per heavy atom. The minimum Gasteiger partial charge on any atom is -0.462 e. The van der Waals surface area contributed by atoms with E-state index in [0.29, 0.717) is 34.4 Å². The van der Waals surface area contributed by atoms with Gasteiger partial charge in [0, 0.05) is 29.6 Å². The number of ether oxygens (including phenoxy) is 1. The third-order valence-corrected chi connectivity index (χ3v) is 5.44. The van der Waals surface area contributed by atoms with Crippen molar-refractivity contribution < 1.29 is 14.3 Å². The third kappa shape index (κ3) is 6.63. The van der Waals surface area contributed by atoms with E-state index in [-0.39, 0.29) is 11.9 Å². The lowest BCUT2D eigenvalue weighted by Crippen LogP contribution is -2.20. The number of benzene rings is 2. The van der Waals surface area contributed by atoms with Crippen molar-refractivity contribution in [3.63, 3.8) is 0 Å². The average Bonchev–Trinajstić information content (AvgIpc) is 3.12. The lowest BCUT2D eigenvalue weighted by atomic mass is 10.1. The maximum absolute atomic E-state index is 12.4. The number of carbonyl (C=O) groups excluding carboxylic acids is 2. The summed E-state index contributed by atoms with van der Waals surface area (Å²) in [5.74, 6) is -0.517. The van der Waals surface area contributed by atoms with Crippen LogP contribution in [0.1, 0.15) is 34.6 Å². The highest BCUT2D eigenvalue weighted by Crippen LogP contribution is 2.31. The van der Waals surface area contributed by atoms with E-state index in [9.17, 15) is 9.59 Å². The van der Waals surface area contributed by atoms with E-state index in [1.807, 2.05) is 36.4 Å². The first-order chi connectivity index (χ1) is 14.9. The molecule has 6 nitrogen and oxygen atoms in total. The van der Waals surface area contributed by atoms with Crippen molar-refractivity contribution in [3.05, 3.63) is 76.7 Å². The molecule has 0 radical (unpaired) electrons. The van der Waals surface area contributed by atoms with Crippen LogP contribution in [0.4, 0.5) is 16.4 Å². The number of amides is 1. The van der Waals surface area contributed by atoms with Crippen LogP contribution in [0.15, 0.2) is 60.7 Å². The van der Waals surface area contributed by atoms with Crippen molar-refractivity contribution in [3.8, 4) is 0 Å². The van der Waals surface area contributed by atoms with Gasteiger partial charge in [-0.05, 0) is 55.0 Å². The minimum atomic E-state index is -0.386. The van der Waals surface area contributed by atoms with Crippen molar-refractivity contribution in [1.29, 1.82) is 0 Å². The summed E-state index contributed by atoms with van der Waals surface area (Å²) in [5, 5.41) is 9.91. The number of hydrogen-bond donors (Lipinski definition) is 3. The molecular weight excluding hydrogens is 430 g/mol. The first kappa shape index (κ1) is 22.5. The number of thiophene rings is 1. The number of esters is 1. The minimum absolute atomic E-state index is 0.131. The molecule has 160 valence electrons. The van der Waals surface area contributed by atoms with Gasteiger partial charge in [0.05, 0.1) is 12.2 Å². The molecule has 0 aliphatic heterocycles. The standard InChI is InChI=1S/C23H23N3O3S2/c1-3-29-22(28)20-14-19(13-16-7-5-4-6-8-16)31-21(20)26-23(30)25-18-11-9-17(10-12-18)24-15(2)27/h4-12,14H,3,13H2,1-2H3,(H,24,27)(H2,25,26,30). The van der Waals surface area contributed by atoms with Gasteiger partial charge in [-0.1, -0.05) is 30.3 Å². The van der Waals surface area contributed by atoms with E-state index in [0.717, 1.165) is 16.1 Å². The zero-order chi connectivity index (χ0) is 22.2. The first-order valence-electron chi connectivity index (χ1n) is 9.74. The molecule has 1 amide bonds. The molecular formula is C23H23N3O3S2. The fraction of sp³-hybridized carbons (Fsp3) is 0.174. The molecule has 0 atom stereocenters. The van der Waals surface area contributed by atoms with Gasteiger partial charge < -0.3 is 20.7 Å². The van der Waals surface area contributed by atoms with E-state index in [1.54, 1.807) is 31.2 Å². The largest absolute Gasteiger partial charge is 0.462 e. The fourth-order valence-corrected chi connectivity index (χ4v) is 4.25. The molecule has 8 heteroatoms. The smallest absolute Gasteiger partial charge is 0.341 e. The van der Waals surface area contributed by atoms with Crippen LogP contribution < -0.4 is 16.0 Å². The SMILES string of the molecule is CCOC(=O)c1cc(Cc2ccccc2)sc1NC(=S)Nc1ccc(NC(C)=O)cc1. The molecule has 2 aromatic carbocycles. The molecule has 0 saturated carbocycles. The molecule has 0 aliphatic rings. The van der Waals surface area contributed by atoms with Crippen LogP contribution >= 0.6 is 23.6 Å². The predicted molar refractivity (Wildman–Crippen MR) is 130 cm³/mol. The molecule has 3 aromatic rings. The highest BCUT2D eigenvalue weighted by Gasteiger charge is 2.18. The maximum Gasteiger partial charge on any atom is 0.341 e. The molecule has 1 heterocycles. The van der Waals surface area contributed by atoms with Crippen LogP contribution in [0.3, 0.4) is 0 Å². The summed E-state index contributed by atoms with van der Waals surface area (Å²) >= 11 is 6.90. The lowest BCUT2D eigenvalue weighted by molar-refractivity contribution is -0.114. The van der Waals surface area contributed by atoms with Crippen LogP contribution in [0.5, 0.6) is 0 Å². The Balaban J connectivity index is 1.73. The van der Waals surface area contributed by atoms with Crippen molar-refractivity contribution in [2.45, 2.75) is 20.3 Å². The molecule has 0 fully saturated rings. The number of hydrogen-bond acceptors (Lipinski definition) is 5. The molecule has 3 N–H and O–H groups in total. The summed E-state index contributed by atoms with van der Waals surface area (Å²) in [6.07, 6.45) is 0.713. The molecule has 0 bridgehead atoms. The van der Waals surface area contributed by atoms with Gasteiger partial charge in [-0.25, -0.2) is 4.79 Å². The number of nitrogens with one attached hydrogen (secondary N) is 3. The molecule has 0 aliphatic carbocycles. The van der Waals surface area contributed by atoms with Crippen molar-refractivity contribution in [2.24, 2.45) is 0 Å². The summed E-state index contributed by atoms with van der Waals surface area (Å²) in [7, 11) is 0.